The number of hydrogen-bond acceptors (Lipinski definition) is 2. The van der Waals surface area contributed by atoms with Crippen LogP contribution in [0.3, 0.4) is 0 Å². The van der Waals surface area contributed by atoms with Crippen molar-refractivity contribution in [3.8, 4) is 0 Å². The predicted octanol–water partition coefficient (Wildman–Crippen LogP) is 4.30. The van der Waals surface area contributed by atoms with E-state index in [-0.39, 0.29) is 17.0 Å². The lowest BCUT2D eigenvalue weighted by Crippen LogP contribution is -2.15. The van der Waals surface area contributed by atoms with E-state index in [9.17, 15) is 27.2 Å². The molecule has 0 bridgehead atoms. The second kappa shape index (κ2) is 6.20. The number of Topliss-reactive ketones (excluding diaryl/α,β-unsaturated/α-hetero) is 1. The standard InChI is InChI=1S/C16H11F4NO2/c1-9(22)10-3-2-4-12(7-10)21-15(23)11-5-6-14(17)13(8-11)16(18,19)20/h2-8H,1H3,(H,21,23). The number of carbonyl (C=O) groups is 2. The summed E-state index contributed by atoms with van der Waals surface area (Å²) in [6.45, 7) is 1.34. The minimum atomic E-state index is -4.89. The molecule has 0 unspecified atom stereocenters. The van der Waals surface area contributed by atoms with Crippen molar-refractivity contribution in [2.75, 3.05) is 5.32 Å². The lowest BCUT2D eigenvalue weighted by molar-refractivity contribution is -0.140. The van der Waals surface area contributed by atoms with E-state index in [1.54, 1.807) is 0 Å². The van der Waals surface area contributed by atoms with Gasteiger partial charge in [0.2, 0.25) is 0 Å². The van der Waals surface area contributed by atoms with E-state index in [1.807, 2.05) is 0 Å². The van der Waals surface area contributed by atoms with Crippen molar-refractivity contribution in [1.29, 1.82) is 0 Å². The van der Waals surface area contributed by atoms with E-state index in [4.69, 9.17) is 0 Å². The summed E-state index contributed by atoms with van der Waals surface area (Å²) in [6, 6.07) is 7.93. The third-order valence-electron chi connectivity index (χ3n) is 3.06. The molecule has 0 aliphatic heterocycles. The van der Waals surface area contributed by atoms with Crippen LogP contribution in [-0.4, -0.2) is 11.7 Å². The van der Waals surface area contributed by atoms with Gasteiger partial charge in [-0.2, -0.15) is 13.2 Å². The summed E-state index contributed by atoms with van der Waals surface area (Å²) in [5.41, 5.74) is -1.26. The van der Waals surface area contributed by atoms with E-state index in [1.165, 1.54) is 31.2 Å². The molecule has 0 fully saturated rings. The summed E-state index contributed by atoms with van der Waals surface area (Å²) >= 11 is 0. The van der Waals surface area contributed by atoms with Crippen LogP contribution in [0.5, 0.6) is 0 Å². The smallest absolute Gasteiger partial charge is 0.322 e. The molecule has 7 heteroatoms. The van der Waals surface area contributed by atoms with Gasteiger partial charge in [-0.3, -0.25) is 9.59 Å². The lowest BCUT2D eigenvalue weighted by atomic mass is 10.1. The van der Waals surface area contributed by atoms with Gasteiger partial charge in [0.1, 0.15) is 5.82 Å². The molecule has 0 radical (unpaired) electrons. The van der Waals surface area contributed by atoms with Gasteiger partial charge >= 0.3 is 6.18 Å². The minimum absolute atomic E-state index is 0.220. The Morgan fingerprint density at radius 1 is 1.00 bits per heavy atom. The molecule has 0 aliphatic rings. The number of amides is 1. The highest BCUT2D eigenvalue weighted by Crippen LogP contribution is 2.32. The zero-order valence-electron chi connectivity index (χ0n) is 11.9. The number of halogens is 4. The van der Waals surface area contributed by atoms with Crippen LogP contribution in [0.1, 0.15) is 33.2 Å². The second-order valence-corrected chi connectivity index (χ2v) is 4.78. The van der Waals surface area contributed by atoms with Crippen LogP contribution < -0.4 is 5.32 Å². The number of rotatable bonds is 3. The van der Waals surface area contributed by atoms with Crippen LogP contribution >= 0.6 is 0 Å². The van der Waals surface area contributed by atoms with E-state index in [0.29, 0.717) is 17.7 Å². The number of alkyl halides is 3. The van der Waals surface area contributed by atoms with Gasteiger partial charge in [-0.25, -0.2) is 4.39 Å². The Balaban J connectivity index is 2.28. The highest BCUT2D eigenvalue weighted by Gasteiger charge is 2.34. The minimum Gasteiger partial charge on any atom is -0.322 e. The molecule has 0 saturated heterocycles. The first-order valence-electron chi connectivity index (χ1n) is 6.47. The summed E-state index contributed by atoms with van der Waals surface area (Å²) in [7, 11) is 0. The third kappa shape index (κ3) is 3.94. The lowest BCUT2D eigenvalue weighted by Gasteiger charge is -2.11. The maximum Gasteiger partial charge on any atom is 0.419 e. The number of hydrogen-bond donors (Lipinski definition) is 1. The summed E-state index contributed by atoms with van der Waals surface area (Å²) in [5, 5.41) is 2.37. The molecule has 0 spiro atoms. The first kappa shape index (κ1) is 16.7. The Morgan fingerprint density at radius 3 is 2.30 bits per heavy atom. The highest BCUT2D eigenvalue weighted by atomic mass is 19.4. The highest BCUT2D eigenvalue weighted by molar-refractivity contribution is 6.05. The molecule has 0 atom stereocenters. The maximum atomic E-state index is 13.2. The molecular formula is C16H11F4NO2. The summed E-state index contributed by atoms with van der Waals surface area (Å²) < 4.78 is 51.2. The summed E-state index contributed by atoms with van der Waals surface area (Å²) in [6.07, 6.45) is -4.89. The summed E-state index contributed by atoms with van der Waals surface area (Å²) in [4.78, 5) is 23.3. The number of nitrogens with one attached hydrogen (secondary N) is 1. The van der Waals surface area contributed by atoms with Crippen LogP contribution in [0.2, 0.25) is 0 Å². The molecular weight excluding hydrogens is 314 g/mol. The maximum absolute atomic E-state index is 13.2. The van der Waals surface area contributed by atoms with Crippen LogP contribution in [0.15, 0.2) is 42.5 Å². The van der Waals surface area contributed by atoms with Crippen LogP contribution in [0, 0.1) is 5.82 Å². The molecule has 0 aliphatic carbocycles. The van der Waals surface area contributed by atoms with Crippen molar-refractivity contribution in [3.63, 3.8) is 0 Å². The van der Waals surface area contributed by atoms with E-state index in [2.05, 4.69) is 5.32 Å². The van der Waals surface area contributed by atoms with Crippen molar-refractivity contribution in [2.24, 2.45) is 0 Å². The molecule has 120 valence electrons. The van der Waals surface area contributed by atoms with E-state index < -0.39 is 23.5 Å². The van der Waals surface area contributed by atoms with Gasteiger partial charge in [0.15, 0.2) is 5.78 Å². The molecule has 0 heterocycles. The third-order valence-corrected chi connectivity index (χ3v) is 3.06. The van der Waals surface area contributed by atoms with Gasteiger partial charge < -0.3 is 5.32 Å². The Labute approximate surface area is 128 Å². The fraction of sp³-hybridized carbons (Fsp3) is 0.125. The van der Waals surface area contributed by atoms with Crippen molar-refractivity contribution < 1.29 is 27.2 Å². The Hall–Kier alpha value is -2.70. The average molecular weight is 325 g/mol. The first-order valence-corrected chi connectivity index (χ1v) is 6.47. The van der Waals surface area contributed by atoms with E-state index in [0.717, 1.165) is 6.07 Å². The molecule has 0 saturated carbocycles. The SMILES string of the molecule is CC(=O)c1cccc(NC(=O)c2ccc(F)c(C(F)(F)F)c2)c1. The molecule has 3 nitrogen and oxygen atoms in total. The van der Waals surface area contributed by atoms with Gasteiger partial charge in [0.05, 0.1) is 5.56 Å². The number of carbonyl (C=O) groups excluding carboxylic acids is 2. The predicted molar refractivity (Wildman–Crippen MR) is 75.8 cm³/mol. The monoisotopic (exact) mass is 325 g/mol. The first-order chi connectivity index (χ1) is 10.7. The van der Waals surface area contributed by atoms with Crippen LogP contribution in [0.4, 0.5) is 23.2 Å². The molecule has 23 heavy (non-hydrogen) atoms. The van der Waals surface area contributed by atoms with Gasteiger partial charge in [-0.1, -0.05) is 12.1 Å². The number of benzene rings is 2. The largest absolute Gasteiger partial charge is 0.419 e. The zero-order valence-corrected chi connectivity index (χ0v) is 11.9. The molecule has 2 aromatic rings. The van der Waals surface area contributed by atoms with Gasteiger partial charge in [-0.15, -0.1) is 0 Å². The Bertz CT molecular complexity index is 769. The molecule has 2 rings (SSSR count). The Morgan fingerprint density at radius 2 is 1.70 bits per heavy atom. The molecule has 0 aromatic heterocycles. The van der Waals surface area contributed by atoms with Crippen molar-refractivity contribution >= 4 is 17.4 Å². The number of ketones is 1. The number of anilines is 1. The fourth-order valence-corrected chi connectivity index (χ4v) is 1.90. The average Bonchev–Trinajstić information content (AvgIpc) is 2.46. The fourth-order valence-electron chi connectivity index (χ4n) is 1.90. The van der Waals surface area contributed by atoms with Crippen molar-refractivity contribution in [3.05, 3.63) is 65.0 Å². The van der Waals surface area contributed by atoms with Crippen molar-refractivity contribution in [2.45, 2.75) is 13.1 Å². The molecule has 1 N–H and O–H groups in total. The normalized spacial score (nSPS) is 11.2. The topological polar surface area (TPSA) is 46.2 Å². The molecule has 1 amide bonds. The van der Waals surface area contributed by atoms with Gasteiger partial charge in [0.25, 0.3) is 5.91 Å². The molecule has 2 aromatic carbocycles. The second-order valence-electron chi connectivity index (χ2n) is 4.78. The van der Waals surface area contributed by atoms with Gasteiger partial charge in [-0.05, 0) is 37.3 Å². The quantitative estimate of drug-likeness (QED) is 0.675. The zero-order chi connectivity index (χ0) is 17.2. The summed E-state index contributed by atoms with van der Waals surface area (Å²) in [5.74, 6) is -2.51. The van der Waals surface area contributed by atoms with Crippen molar-refractivity contribution in [1.82, 2.24) is 0 Å². The van der Waals surface area contributed by atoms with Crippen LogP contribution in [0.25, 0.3) is 0 Å². The van der Waals surface area contributed by atoms with Crippen LogP contribution in [-0.2, 0) is 6.18 Å². The Kier molecular flexibility index (Phi) is 4.49. The van der Waals surface area contributed by atoms with E-state index >= 15 is 0 Å². The van der Waals surface area contributed by atoms with Gasteiger partial charge in [0, 0.05) is 16.8 Å².